The quantitative estimate of drug-likeness (QED) is 0.449. The van der Waals surface area contributed by atoms with Crippen LogP contribution < -0.4 is 10.6 Å². The van der Waals surface area contributed by atoms with Crippen LogP contribution in [-0.2, 0) is 11.3 Å². The van der Waals surface area contributed by atoms with Crippen LogP contribution in [0.2, 0.25) is 0 Å². The Kier molecular flexibility index (Phi) is 4.62. The van der Waals surface area contributed by atoms with Gasteiger partial charge in [0.05, 0.1) is 11.0 Å². The number of nitrogens with zero attached hydrogens (tertiary/aromatic N) is 1. The van der Waals surface area contributed by atoms with Crippen LogP contribution in [0.15, 0.2) is 18.2 Å². The van der Waals surface area contributed by atoms with E-state index in [0.29, 0.717) is 25.2 Å². The van der Waals surface area contributed by atoms with E-state index in [1.54, 1.807) is 0 Å². The molecule has 0 radical (unpaired) electrons. The summed E-state index contributed by atoms with van der Waals surface area (Å²) in [6, 6.07) is 3.47. The summed E-state index contributed by atoms with van der Waals surface area (Å²) >= 11 is 0. The number of carbonyl (C=O) groups is 1. The molecule has 0 atom stereocenters. The maximum Gasteiger partial charge on any atom is 0.272 e. The molecule has 7 heteroatoms. The van der Waals surface area contributed by atoms with E-state index in [1.807, 2.05) is 0 Å². The zero-order chi connectivity index (χ0) is 14.5. The first kappa shape index (κ1) is 14.4. The summed E-state index contributed by atoms with van der Waals surface area (Å²) in [5.74, 6) is -0.368. The minimum atomic E-state index is -0.627. The van der Waals surface area contributed by atoms with Crippen molar-refractivity contribution in [3.05, 3.63) is 39.7 Å². The third-order valence-corrected chi connectivity index (χ3v) is 3.03. The van der Waals surface area contributed by atoms with Gasteiger partial charge in [0.2, 0.25) is 5.91 Å². The largest absolute Gasteiger partial charge is 0.355 e. The van der Waals surface area contributed by atoms with Gasteiger partial charge in [-0.25, -0.2) is 4.39 Å². The van der Waals surface area contributed by atoms with Crippen LogP contribution >= 0.6 is 0 Å². The molecule has 1 aromatic carbocycles. The Morgan fingerprint density at radius 3 is 2.75 bits per heavy atom. The summed E-state index contributed by atoms with van der Waals surface area (Å²) in [5.41, 5.74) is 0.244. The number of non-ortho nitro benzene ring substituents is 1. The maximum absolute atomic E-state index is 13.2. The standard InChI is InChI=1S/C13H16FN3O3/c14-11-5-9(6-12(7-11)17(19)20)8-15-3-4-16-13(18)10-1-2-10/h5-7,10,15H,1-4,8H2,(H,16,18). The minimum absolute atomic E-state index is 0.0770. The molecule has 0 spiro atoms. The van der Waals surface area contributed by atoms with Crippen LogP contribution in [0.3, 0.4) is 0 Å². The molecular formula is C13H16FN3O3. The van der Waals surface area contributed by atoms with Crippen molar-refractivity contribution in [2.24, 2.45) is 5.92 Å². The highest BCUT2D eigenvalue weighted by atomic mass is 19.1. The van der Waals surface area contributed by atoms with Gasteiger partial charge < -0.3 is 10.6 Å². The van der Waals surface area contributed by atoms with Crippen molar-refractivity contribution in [2.45, 2.75) is 19.4 Å². The fourth-order valence-electron chi connectivity index (χ4n) is 1.84. The second kappa shape index (κ2) is 6.42. The Hall–Kier alpha value is -2.02. The normalized spacial score (nSPS) is 14.1. The molecule has 1 aliphatic rings. The first-order chi connectivity index (χ1) is 9.56. The second-order valence-electron chi connectivity index (χ2n) is 4.82. The highest BCUT2D eigenvalue weighted by molar-refractivity contribution is 5.80. The third-order valence-electron chi connectivity index (χ3n) is 3.03. The van der Waals surface area contributed by atoms with Crippen LogP contribution in [0.5, 0.6) is 0 Å². The Bertz CT molecular complexity index is 518. The Morgan fingerprint density at radius 1 is 1.35 bits per heavy atom. The molecule has 20 heavy (non-hydrogen) atoms. The molecule has 2 rings (SSSR count). The highest BCUT2D eigenvalue weighted by Gasteiger charge is 2.28. The second-order valence-corrected chi connectivity index (χ2v) is 4.82. The Balaban J connectivity index is 1.73. The van der Waals surface area contributed by atoms with Crippen molar-refractivity contribution in [3.8, 4) is 0 Å². The first-order valence-electron chi connectivity index (χ1n) is 6.48. The summed E-state index contributed by atoms with van der Waals surface area (Å²) in [7, 11) is 0. The number of rotatable bonds is 7. The number of hydrogen-bond donors (Lipinski definition) is 2. The van der Waals surface area contributed by atoms with Crippen LogP contribution in [0, 0.1) is 21.8 Å². The van der Waals surface area contributed by atoms with Gasteiger partial charge in [-0.1, -0.05) is 0 Å². The predicted octanol–water partition coefficient (Wildman–Crippen LogP) is 1.35. The third kappa shape index (κ3) is 4.27. The fourth-order valence-corrected chi connectivity index (χ4v) is 1.84. The molecular weight excluding hydrogens is 265 g/mol. The van der Waals surface area contributed by atoms with Gasteiger partial charge in [-0.3, -0.25) is 14.9 Å². The topological polar surface area (TPSA) is 84.3 Å². The van der Waals surface area contributed by atoms with Crippen LogP contribution in [0.4, 0.5) is 10.1 Å². The van der Waals surface area contributed by atoms with Gasteiger partial charge in [-0.15, -0.1) is 0 Å². The van der Waals surface area contributed by atoms with Gasteiger partial charge >= 0.3 is 0 Å². The molecule has 1 aromatic rings. The summed E-state index contributed by atoms with van der Waals surface area (Å²) in [6.07, 6.45) is 1.93. The number of nitrogens with one attached hydrogen (secondary N) is 2. The molecule has 0 bridgehead atoms. The Labute approximate surface area is 115 Å². The molecule has 0 aromatic heterocycles. The number of halogens is 1. The lowest BCUT2D eigenvalue weighted by Gasteiger charge is -2.06. The van der Waals surface area contributed by atoms with E-state index >= 15 is 0 Å². The number of nitro groups is 1. The van der Waals surface area contributed by atoms with E-state index in [9.17, 15) is 19.3 Å². The number of amides is 1. The highest BCUT2D eigenvalue weighted by Crippen LogP contribution is 2.28. The van der Waals surface area contributed by atoms with Crippen molar-refractivity contribution >= 4 is 11.6 Å². The van der Waals surface area contributed by atoms with E-state index in [4.69, 9.17) is 0 Å². The SMILES string of the molecule is O=C(NCCNCc1cc(F)cc([N+](=O)[O-])c1)C1CC1. The van der Waals surface area contributed by atoms with Crippen LogP contribution in [-0.4, -0.2) is 23.9 Å². The number of nitro benzene ring substituents is 1. The van der Waals surface area contributed by atoms with E-state index in [0.717, 1.165) is 18.9 Å². The lowest BCUT2D eigenvalue weighted by molar-refractivity contribution is -0.385. The Morgan fingerprint density at radius 2 is 2.10 bits per heavy atom. The fraction of sp³-hybridized carbons (Fsp3) is 0.462. The van der Waals surface area contributed by atoms with Gasteiger partial charge in [-0.2, -0.15) is 0 Å². The zero-order valence-corrected chi connectivity index (χ0v) is 10.9. The van der Waals surface area contributed by atoms with Crippen molar-refractivity contribution in [1.82, 2.24) is 10.6 Å². The predicted molar refractivity (Wildman–Crippen MR) is 70.5 cm³/mol. The average molecular weight is 281 g/mol. The van der Waals surface area contributed by atoms with Crippen LogP contribution in [0.25, 0.3) is 0 Å². The summed E-state index contributed by atoms with van der Waals surface area (Å²) in [4.78, 5) is 21.3. The molecule has 1 saturated carbocycles. The monoisotopic (exact) mass is 281 g/mol. The lowest BCUT2D eigenvalue weighted by atomic mass is 10.2. The van der Waals surface area contributed by atoms with Crippen molar-refractivity contribution in [1.29, 1.82) is 0 Å². The number of benzene rings is 1. The van der Waals surface area contributed by atoms with E-state index in [2.05, 4.69) is 10.6 Å². The van der Waals surface area contributed by atoms with Crippen molar-refractivity contribution in [2.75, 3.05) is 13.1 Å². The lowest BCUT2D eigenvalue weighted by Crippen LogP contribution is -2.32. The van der Waals surface area contributed by atoms with E-state index in [1.165, 1.54) is 12.1 Å². The summed E-state index contributed by atoms with van der Waals surface area (Å²) in [6.45, 7) is 1.34. The van der Waals surface area contributed by atoms with Gasteiger partial charge in [0.25, 0.3) is 5.69 Å². The molecule has 0 unspecified atom stereocenters. The van der Waals surface area contributed by atoms with Gasteiger partial charge in [0, 0.05) is 31.6 Å². The van der Waals surface area contributed by atoms with Gasteiger partial charge in [0.15, 0.2) is 0 Å². The molecule has 1 amide bonds. The first-order valence-corrected chi connectivity index (χ1v) is 6.48. The molecule has 0 saturated heterocycles. The molecule has 108 valence electrons. The average Bonchev–Trinajstić information content (AvgIpc) is 3.21. The smallest absolute Gasteiger partial charge is 0.272 e. The molecule has 2 N–H and O–H groups in total. The molecule has 1 fully saturated rings. The zero-order valence-electron chi connectivity index (χ0n) is 10.9. The van der Waals surface area contributed by atoms with Crippen molar-refractivity contribution in [3.63, 3.8) is 0 Å². The summed E-state index contributed by atoms with van der Waals surface area (Å²) < 4.78 is 13.2. The van der Waals surface area contributed by atoms with Crippen LogP contribution in [0.1, 0.15) is 18.4 Å². The maximum atomic E-state index is 13.2. The summed E-state index contributed by atoms with van der Waals surface area (Å²) in [5, 5.41) is 16.4. The molecule has 0 heterocycles. The number of carbonyl (C=O) groups excluding carboxylic acids is 1. The molecule has 6 nitrogen and oxygen atoms in total. The van der Waals surface area contributed by atoms with E-state index < -0.39 is 10.7 Å². The number of hydrogen-bond acceptors (Lipinski definition) is 4. The molecule has 0 aliphatic heterocycles. The van der Waals surface area contributed by atoms with Gasteiger partial charge in [0.1, 0.15) is 5.82 Å². The van der Waals surface area contributed by atoms with Gasteiger partial charge in [-0.05, 0) is 24.5 Å². The minimum Gasteiger partial charge on any atom is -0.355 e. The van der Waals surface area contributed by atoms with E-state index in [-0.39, 0.29) is 17.5 Å². The van der Waals surface area contributed by atoms with Crippen molar-refractivity contribution < 1.29 is 14.1 Å². The molecule has 1 aliphatic carbocycles.